The highest BCUT2D eigenvalue weighted by Gasteiger charge is 1.88. The maximum atomic E-state index is 10.6. The number of thioether (sulfide) groups is 1. The van der Waals surface area contributed by atoms with E-state index in [2.05, 4.69) is 0 Å². The van der Waals surface area contributed by atoms with Gasteiger partial charge in [-0.25, -0.2) is 0 Å². The Morgan fingerprint density at radius 1 is 1.38 bits per heavy atom. The Morgan fingerprint density at radius 2 is 2.08 bits per heavy atom. The molecule has 2 heteroatoms. The molecule has 68 valence electrons. The highest BCUT2D eigenvalue weighted by Crippen LogP contribution is 2.05. The van der Waals surface area contributed by atoms with E-state index >= 15 is 0 Å². The highest BCUT2D eigenvalue weighted by molar-refractivity contribution is 8.13. The molecule has 0 unspecified atom stereocenters. The Bertz CT molecular complexity index is 290. The zero-order valence-corrected chi connectivity index (χ0v) is 8.38. The average molecular weight is 192 g/mol. The molecule has 0 atom stereocenters. The van der Waals surface area contributed by atoms with Crippen molar-refractivity contribution >= 4 is 23.0 Å². The number of rotatable bonds is 3. The summed E-state index contributed by atoms with van der Waals surface area (Å²) in [5, 5.41) is 0.165. The molecule has 0 spiro atoms. The smallest absolute Gasteiger partial charge is 0.186 e. The number of benzene rings is 1. The summed E-state index contributed by atoms with van der Waals surface area (Å²) in [4.78, 5) is 10.6. The predicted molar refractivity (Wildman–Crippen MR) is 58.6 cm³/mol. The molecule has 0 aliphatic rings. The van der Waals surface area contributed by atoms with Gasteiger partial charge in [0.2, 0.25) is 0 Å². The van der Waals surface area contributed by atoms with Gasteiger partial charge in [0, 0.05) is 12.7 Å². The van der Waals surface area contributed by atoms with Gasteiger partial charge in [-0.3, -0.25) is 4.79 Å². The third-order valence-electron chi connectivity index (χ3n) is 1.49. The van der Waals surface area contributed by atoms with Gasteiger partial charge in [-0.1, -0.05) is 54.2 Å². The van der Waals surface area contributed by atoms with Gasteiger partial charge in [-0.2, -0.15) is 0 Å². The first-order valence-electron chi connectivity index (χ1n) is 4.14. The summed E-state index contributed by atoms with van der Waals surface area (Å²) < 4.78 is 0. The molecule has 0 aliphatic carbocycles. The predicted octanol–water partition coefficient (Wildman–Crippen LogP) is 2.98. The van der Waals surface area contributed by atoms with Crippen molar-refractivity contribution in [2.75, 3.05) is 5.75 Å². The summed E-state index contributed by atoms with van der Waals surface area (Å²) in [6.45, 7) is 1.58. The molecule has 0 saturated carbocycles. The van der Waals surface area contributed by atoms with Crippen molar-refractivity contribution < 1.29 is 4.79 Å². The fourth-order valence-corrected chi connectivity index (χ4v) is 1.34. The molecule has 0 bridgehead atoms. The third kappa shape index (κ3) is 4.53. The van der Waals surface area contributed by atoms with E-state index in [1.807, 2.05) is 42.5 Å². The SMILES string of the molecule is CC(=O)SC/C=C/c1ccccc1. The minimum Gasteiger partial charge on any atom is -0.288 e. The minimum absolute atomic E-state index is 0.165. The van der Waals surface area contributed by atoms with Crippen LogP contribution >= 0.6 is 11.8 Å². The van der Waals surface area contributed by atoms with Crippen LogP contribution in [0.3, 0.4) is 0 Å². The fraction of sp³-hybridized carbons (Fsp3) is 0.182. The third-order valence-corrected chi connectivity index (χ3v) is 2.26. The number of hydrogen-bond donors (Lipinski definition) is 0. The second-order valence-electron chi connectivity index (χ2n) is 2.62. The van der Waals surface area contributed by atoms with Crippen LogP contribution < -0.4 is 0 Å². The van der Waals surface area contributed by atoms with E-state index in [0.29, 0.717) is 0 Å². The summed E-state index contributed by atoms with van der Waals surface area (Å²) in [5.41, 5.74) is 1.17. The lowest BCUT2D eigenvalue weighted by Crippen LogP contribution is -1.81. The monoisotopic (exact) mass is 192 g/mol. The lowest BCUT2D eigenvalue weighted by atomic mass is 10.2. The first kappa shape index (κ1) is 10.1. The van der Waals surface area contributed by atoms with Crippen LogP contribution in [0.15, 0.2) is 36.4 Å². The molecule has 0 fully saturated rings. The van der Waals surface area contributed by atoms with Crippen LogP contribution in [0, 0.1) is 0 Å². The van der Waals surface area contributed by atoms with Gasteiger partial charge in [0.25, 0.3) is 0 Å². The van der Waals surface area contributed by atoms with Crippen LogP contribution in [-0.4, -0.2) is 10.9 Å². The van der Waals surface area contributed by atoms with Gasteiger partial charge in [-0.15, -0.1) is 0 Å². The molecule has 1 nitrogen and oxygen atoms in total. The van der Waals surface area contributed by atoms with Gasteiger partial charge < -0.3 is 0 Å². The highest BCUT2D eigenvalue weighted by atomic mass is 32.2. The van der Waals surface area contributed by atoms with E-state index in [9.17, 15) is 4.79 Å². The quantitative estimate of drug-likeness (QED) is 0.732. The van der Waals surface area contributed by atoms with E-state index in [4.69, 9.17) is 0 Å². The number of hydrogen-bond acceptors (Lipinski definition) is 2. The van der Waals surface area contributed by atoms with Crippen LogP contribution in [0.1, 0.15) is 12.5 Å². The second-order valence-corrected chi connectivity index (χ2v) is 3.81. The summed E-state index contributed by atoms with van der Waals surface area (Å²) in [7, 11) is 0. The van der Waals surface area contributed by atoms with Crippen molar-refractivity contribution in [3.63, 3.8) is 0 Å². The van der Waals surface area contributed by atoms with Crippen LogP contribution in [0.4, 0.5) is 0 Å². The van der Waals surface area contributed by atoms with Crippen molar-refractivity contribution in [2.24, 2.45) is 0 Å². The molecular weight excluding hydrogens is 180 g/mol. The van der Waals surface area contributed by atoms with Gasteiger partial charge in [0.15, 0.2) is 5.12 Å². The Morgan fingerprint density at radius 3 is 2.69 bits per heavy atom. The first-order chi connectivity index (χ1) is 6.29. The summed E-state index contributed by atoms with van der Waals surface area (Å²) in [5.74, 6) is 0.754. The molecule has 0 radical (unpaired) electrons. The molecule has 1 aromatic rings. The zero-order chi connectivity index (χ0) is 9.52. The van der Waals surface area contributed by atoms with Crippen molar-refractivity contribution in [1.82, 2.24) is 0 Å². The van der Waals surface area contributed by atoms with Crippen molar-refractivity contribution in [3.8, 4) is 0 Å². The standard InChI is InChI=1S/C11H12OS/c1-10(12)13-9-5-8-11-6-3-2-4-7-11/h2-8H,9H2,1H3/b8-5+. The largest absolute Gasteiger partial charge is 0.288 e. The van der Waals surface area contributed by atoms with E-state index in [-0.39, 0.29) is 5.12 Å². The molecule has 1 aromatic carbocycles. The Labute approximate surface area is 82.9 Å². The van der Waals surface area contributed by atoms with Crippen molar-refractivity contribution in [2.45, 2.75) is 6.92 Å². The van der Waals surface area contributed by atoms with Gasteiger partial charge in [0.05, 0.1) is 0 Å². The van der Waals surface area contributed by atoms with Crippen molar-refractivity contribution in [1.29, 1.82) is 0 Å². The molecule has 0 N–H and O–H groups in total. The molecular formula is C11H12OS. The normalized spacial score (nSPS) is 10.5. The fourth-order valence-electron chi connectivity index (χ4n) is 0.914. The summed E-state index contributed by atoms with van der Waals surface area (Å²) in [6.07, 6.45) is 4.03. The number of carbonyl (C=O) groups excluding carboxylic acids is 1. The maximum absolute atomic E-state index is 10.6. The molecule has 0 heterocycles. The van der Waals surface area contributed by atoms with E-state index in [1.165, 1.54) is 17.3 Å². The number of carbonyl (C=O) groups is 1. The van der Waals surface area contributed by atoms with Crippen molar-refractivity contribution in [3.05, 3.63) is 42.0 Å². The van der Waals surface area contributed by atoms with E-state index < -0.39 is 0 Å². The van der Waals surface area contributed by atoms with E-state index in [0.717, 1.165) is 5.75 Å². The molecule has 0 saturated heterocycles. The van der Waals surface area contributed by atoms with E-state index in [1.54, 1.807) is 6.92 Å². The lowest BCUT2D eigenvalue weighted by molar-refractivity contribution is -0.109. The Balaban J connectivity index is 2.37. The van der Waals surface area contributed by atoms with Gasteiger partial charge in [0.1, 0.15) is 0 Å². The minimum atomic E-state index is 0.165. The molecule has 0 amide bonds. The molecule has 0 aliphatic heterocycles. The van der Waals surface area contributed by atoms with Crippen LogP contribution in [0.2, 0.25) is 0 Å². The van der Waals surface area contributed by atoms with Crippen LogP contribution in [0.25, 0.3) is 6.08 Å². The average Bonchev–Trinajstić information content (AvgIpc) is 2.14. The van der Waals surface area contributed by atoms with Gasteiger partial charge >= 0.3 is 0 Å². The van der Waals surface area contributed by atoms with Gasteiger partial charge in [-0.05, 0) is 5.56 Å². The second kappa shape index (κ2) is 5.60. The first-order valence-corrected chi connectivity index (χ1v) is 5.12. The molecule has 1 rings (SSSR count). The summed E-state index contributed by atoms with van der Waals surface area (Å²) in [6, 6.07) is 10.1. The lowest BCUT2D eigenvalue weighted by Gasteiger charge is -1.91. The maximum Gasteiger partial charge on any atom is 0.186 e. The topological polar surface area (TPSA) is 17.1 Å². The molecule has 0 aromatic heterocycles. The zero-order valence-electron chi connectivity index (χ0n) is 7.57. The Hall–Kier alpha value is -1.02. The summed E-state index contributed by atoms with van der Waals surface area (Å²) >= 11 is 1.32. The van der Waals surface area contributed by atoms with Crippen LogP contribution in [-0.2, 0) is 4.79 Å². The van der Waals surface area contributed by atoms with Crippen LogP contribution in [0.5, 0.6) is 0 Å². The molecule has 13 heavy (non-hydrogen) atoms. The Kier molecular flexibility index (Phi) is 4.33.